The van der Waals surface area contributed by atoms with E-state index in [0.717, 1.165) is 41.5 Å². The summed E-state index contributed by atoms with van der Waals surface area (Å²) in [6, 6.07) is 3.87. The Morgan fingerprint density at radius 2 is 1.88 bits per heavy atom. The van der Waals surface area contributed by atoms with E-state index in [1.165, 1.54) is 0 Å². The van der Waals surface area contributed by atoms with E-state index < -0.39 is 0 Å². The van der Waals surface area contributed by atoms with Crippen molar-refractivity contribution in [3.8, 4) is 11.4 Å². The van der Waals surface area contributed by atoms with Crippen molar-refractivity contribution >= 4 is 17.0 Å². The Balaban J connectivity index is 1.91. The van der Waals surface area contributed by atoms with Crippen LogP contribution in [0.15, 0.2) is 24.5 Å². The molecule has 8 heteroatoms. The second kappa shape index (κ2) is 6.14. The minimum atomic E-state index is 0.295. The van der Waals surface area contributed by atoms with Crippen molar-refractivity contribution in [2.24, 2.45) is 12.8 Å². The Morgan fingerprint density at radius 1 is 1.12 bits per heavy atom. The summed E-state index contributed by atoms with van der Waals surface area (Å²) < 4.78 is 7.43. The zero-order chi connectivity index (χ0) is 16.5. The third-order valence-electron chi connectivity index (χ3n) is 4.18. The highest BCUT2D eigenvalue weighted by atomic mass is 16.5. The van der Waals surface area contributed by atoms with E-state index in [9.17, 15) is 0 Å². The Hall–Kier alpha value is -2.58. The highest BCUT2D eigenvalue weighted by molar-refractivity contribution is 5.87. The van der Waals surface area contributed by atoms with Crippen LogP contribution in [0.2, 0.25) is 0 Å². The van der Waals surface area contributed by atoms with Gasteiger partial charge in [-0.15, -0.1) is 0 Å². The summed E-state index contributed by atoms with van der Waals surface area (Å²) >= 11 is 0. The molecule has 1 saturated heterocycles. The molecular weight excluding hydrogens is 306 g/mol. The molecule has 124 valence electrons. The molecule has 3 aromatic heterocycles. The number of hydrogen-bond acceptors (Lipinski definition) is 7. The van der Waals surface area contributed by atoms with Gasteiger partial charge in [0.05, 0.1) is 19.8 Å². The van der Waals surface area contributed by atoms with Crippen molar-refractivity contribution in [2.45, 2.75) is 6.54 Å². The molecule has 0 atom stereocenters. The summed E-state index contributed by atoms with van der Waals surface area (Å²) in [5, 5.41) is 0. The zero-order valence-electron chi connectivity index (χ0n) is 13.5. The largest absolute Gasteiger partial charge is 0.378 e. The van der Waals surface area contributed by atoms with Gasteiger partial charge in [0.25, 0.3) is 0 Å². The number of aromatic nitrogens is 5. The fourth-order valence-corrected chi connectivity index (χ4v) is 2.94. The summed E-state index contributed by atoms with van der Waals surface area (Å²) in [6.07, 6.45) is 3.52. The van der Waals surface area contributed by atoms with Gasteiger partial charge in [-0.1, -0.05) is 0 Å². The Morgan fingerprint density at radius 3 is 2.58 bits per heavy atom. The van der Waals surface area contributed by atoms with Crippen LogP contribution in [0.25, 0.3) is 22.6 Å². The van der Waals surface area contributed by atoms with E-state index in [1.54, 1.807) is 12.4 Å². The predicted octanol–water partition coefficient (Wildman–Crippen LogP) is 0.721. The van der Waals surface area contributed by atoms with Crippen LogP contribution in [-0.4, -0.2) is 50.8 Å². The molecule has 1 fully saturated rings. The molecule has 4 rings (SSSR count). The van der Waals surface area contributed by atoms with Gasteiger partial charge in [-0.2, -0.15) is 0 Å². The topological polar surface area (TPSA) is 95.0 Å². The van der Waals surface area contributed by atoms with Crippen LogP contribution in [0.5, 0.6) is 0 Å². The lowest BCUT2D eigenvalue weighted by atomic mass is 10.2. The molecule has 0 unspecified atom stereocenters. The monoisotopic (exact) mass is 325 g/mol. The van der Waals surface area contributed by atoms with E-state index in [2.05, 4.69) is 19.9 Å². The molecule has 0 aliphatic carbocycles. The number of fused-ring (bicyclic) bond motifs is 1. The second-order valence-electron chi connectivity index (χ2n) is 5.67. The summed E-state index contributed by atoms with van der Waals surface area (Å²) in [4.78, 5) is 20.3. The fraction of sp³-hybridized carbons (Fsp3) is 0.375. The number of nitrogens with two attached hydrogens (primary N) is 1. The van der Waals surface area contributed by atoms with Crippen molar-refractivity contribution < 1.29 is 4.74 Å². The first-order valence-corrected chi connectivity index (χ1v) is 7.94. The van der Waals surface area contributed by atoms with Gasteiger partial charge in [0.1, 0.15) is 11.6 Å². The fourth-order valence-electron chi connectivity index (χ4n) is 2.94. The molecule has 8 nitrogen and oxygen atoms in total. The summed E-state index contributed by atoms with van der Waals surface area (Å²) in [6.45, 7) is 3.25. The normalized spacial score (nSPS) is 15.2. The van der Waals surface area contributed by atoms with Crippen molar-refractivity contribution in [3.63, 3.8) is 0 Å². The summed E-state index contributed by atoms with van der Waals surface area (Å²) in [7, 11) is 1.96. The standard InChI is InChI=1S/C16H19N7O/c1-22-14(11-2-4-18-5-3-11)21-13-15(22)19-12(10-17)20-16(13)23-6-8-24-9-7-23/h2-5H,6-10,17H2,1H3. The Bertz CT molecular complexity index is 856. The molecule has 24 heavy (non-hydrogen) atoms. The number of hydrogen-bond donors (Lipinski definition) is 1. The summed E-state index contributed by atoms with van der Waals surface area (Å²) in [5.74, 6) is 2.29. The van der Waals surface area contributed by atoms with Crippen LogP contribution in [0.4, 0.5) is 5.82 Å². The molecule has 3 aromatic rings. The van der Waals surface area contributed by atoms with Gasteiger partial charge in [-0.3, -0.25) is 4.98 Å². The molecule has 0 aromatic carbocycles. The first kappa shape index (κ1) is 15.0. The number of nitrogens with zero attached hydrogens (tertiary/aromatic N) is 6. The third kappa shape index (κ3) is 2.49. The van der Waals surface area contributed by atoms with Crippen LogP contribution >= 0.6 is 0 Å². The molecule has 1 aliphatic heterocycles. The van der Waals surface area contributed by atoms with Gasteiger partial charge in [0, 0.05) is 38.1 Å². The Kier molecular flexibility index (Phi) is 3.83. The second-order valence-corrected chi connectivity index (χ2v) is 5.67. The van der Waals surface area contributed by atoms with Crippen LogP contribution in [0, 0.1) is 0 Å². The SMILES string of the molecule is Cn1c(-c2ccncc2)nc2c(N3CCOCC3)nc(CN)nc21. The zero-order valence-corrected chi connectivity index (χ0v) is 13.5. The van der Waals surface area contributed by atoms with E-state index in [-0.39, 0.29) is 0 Å². The van der Waals surface area contributed by atoms with E-state index in [0.29, 0.717) is 25.6 Å². The first-order chi connectivity index (χ1) is 11.8. The van der Waals surface area contributed by atoms with Gasteiger partial charge in [0.2, 0.25) is 0 Å². The van der Waals surface area contributed by atoms with Crippen molar-refractivity contribution in [1.29, 1.82) is 0 Å². The van der Waals surface area contributed by atoms with Gasteiger partial charge in [-0.05, 0) is 12.1 Å². The van der Waals surface area contributed by atoms with Gasteiger partial charge >= 0.3 is 0 Å². The maximum Gasteiger partial charge on any atom is 0.166 e. The number of anilines is 1. The van der Waals surface area contributed by atoms with Crippen LogP contribution in [-0.2, 0) is 18.3 Å². The lowest BCUT2D eigenvalue weighted by Crippen LogP contribution is -2.37. The highest BCUT2D eigenvalue weighted by Gasteiger charge is 2.22. The van der Waals surface area contributed by atoms with Gasteiger partial charge in [0.15, 0.2) is 17.0 Å². The minimum absolute atomic E-state index is 0.295. The lowest BCUT2D eigenvalue weighted by Gasteiger charge is -2.28. The number of pyridine rings is 1. The molecule has 0 bridgehead atoms. The number of rotatable bonds is 3. The van der Waals surface area contributed by atoms with Crippen molar-refractivity contribution in [3.05, 3.63) is 30.4 Å². The molecular formula is C16H19N7O. The average Bonchev–Trinajstić information content (AvgIpc) is 2.99. The molecule has 0 saturated carbocycles. The van der Waals surface area contributed by atoms with Crippen LogP contribution in [0.3, 0.4) is 0 Å². The average molecular weight is 325 g/mol. The quantitative estimate of drug-likeness (QED) is 0.758. The number of aryl methyl sites for hydroxylation is 1. The molecule has 2 N–H and O–H groups in total. The van der Waals surface area contributed by atoms with Gasteiger partial charge in [-0.25, -0.2) is 15.0 Å². The molecule has 4 heterocycles. The highest BCUT2D eigenvalue weighted by Crippen LogP contribution is 2.28. The lowest BCUT2D eigenvalue weighted by molar-refractivity contribution is 0.122. The maximum atomic E-state index is 5.80. The first-order valence-electron chi connectivity index (χ1n) is 7.94. The maximum absolute atomic E-state index is 5.80. The molecule has 1 aliphatic rings. The molecule has 0 radical (unpaired) electrons. The molecule has 0 spiro atoms. The number of imidazole rings is 1. The van der Waals surface area contributed by atoms with Crippen molar-refractivity contribution in [1.82, 2.24) is 24.5 Å². The van der Waals surface area contributed by atoms with Crippen LogP contribution < -0.4 is 10.6 Å². The third-order valence-corrected chi connectivity index (χ3v) is 4.18. The van der Waals surface area contributed by atoms with Gasteiger partial charge < -0.3 is 19.9 Å². The van der Waals surface area contributed by atoms with Crippen molar-refractivity contribution in [2.75, 3.05) is 31.2 Å². The predicted molar refractivity (Wildman–Crippen MR) is 90.5 cm³/mol. The minimum Gasteiger partial charge on any atom is -0.378 e. The van der Waals surface area contributed by atoms with E-state index >= 15 is 0 Å². The number of ether oxygens (including phenoxy) is 1. The van der Waals surface area contributed by atoms with E-state index in [4.69, 9.17) is 15.5 Å². The van der Waals surface area contributed by atoms with E-state index in [1.807, 2.05) is 23.7 Å². The molecule has 0 amide bonds. The van der Waals surface area contributed by atoms with Crippen LogP contribution in [0.1, 0.15) is 5.82 Å². The smallest absolute Gasteiger partial charge is 0.166 e. The number of morpholine rings is 1. The Labute approximate surface area is 139 Å². The summed E-state index contributed by atoms with van der Waals surface area (Å²) in [5.41, 5.74) is 8.38.